The van der Waals surface area contributed by atoms with Crippen molar-refractivity contribution < 1.29 is 9.59 Å². The van der Waals surface area contributed by atoms with E-state index in [2.05, 4.69) is 47.2 Å². The predicted molar refractivity (Wildman–Crippen MR) is 97.4 cm³/mol. The maximum atomic E-state index is 12.6. The summed E-state index contributed by atoms with van der Waals surface area (Å²) in [6.07, 6.45) is 1.70. The van der Waals surface area contributed by atoms with Crippen LogP contribution in [0.4, 0.5) is 0 Å². The maximum absolute atomic E-state index is 12.6. The molecule has 1 heterocycles. The molecule has 0 aliphatic carbocycles. The monoisotopic (exact) mass is 329 g/mol. The van der Waals surface area contributed by atoms with Crippen LogP contribution in [0.15, 0.2) is 18.2 Å². The number of carbonyl (C=O) groups is 2. The van der Waals surface area contributed by atoms with E-state index in [0.717, 1.165) is 41.5 Å². The fourth-order valence-corrected chi connectivity index (χ4v) is 3.05. The van der Waals surface area contributed by atoms with E-state index in [0.29, 0.717) is 13.1 Å². The quantitative estimate of drug-likeness (QED) is 0.767. The first-order valence-electron chi connectivity index (χ1n) is 8.63. The van der Waals surface area contributed by atoms with Gasteiger partial charge in [0, 0.05) is 37.5 Å². The molecule has 2 amide bonds. The second-order valence-corrected chi connectivity index (χ2v) is 6.02. The van der Waals surface area contributed by atoms with Crippen LogP contribution in [0.1, 0.15) is 48.8 Å². The van der Waals surface area contributed by atoms with Crippen molar-refractivity contribution in [2.45, 2.75) is 47.1 Å². The van der Waals surface area contributed by atoms with E-state index < -0.39 is 0 Å². The number of benzene rings is 1. The van der Waals surface area contributed by atoms with Crippen LogP contribution in [0, 0.1) is 6.92 Å². The van der Waals surface area contributed by atoms with Crippen molar-refractivity contribution in [1.82, 2.24) is 15.2 Å². The average molecular weight is 329 g/mol. The number of rotatable bonds is 7. The number of aryl methyl sites for hydroxylation is 3. The Balaban J connectivity index is 2.19. The van der Waals surface area contributed by atoms with Gasteiger partial charge in [0.15, 0.2) is 0 Å². The van der Waals surface area contributed by atoms with E-state index in [1.54, 1.807) is 0 Å². The van der Waals surface area contributed by atoms with Crippen molar-refractivity contribution in [2.75, 3.05) is 13.1 Å². The summed E-state index contributed by atoms with van der Waals surface area (Å²) in [6, 6.07) is 6.42. The van der Waals surface area contributed by atoms with E-state index in [4.69, 9.17) is 0 Å². The third-order valence-electron chi connectivity index (χ3n) is 4.33. The van der Waals surface area contributed by atoms with Crippen molar-refractivity contribution in [3.05, 3.63) is 35.0 Å². The predicted octanol–water partition coefficient (Wildman–Crippen LogP) is 2.79. The number of carbonyl (C=O) groups excluding carboxylic acids is 2. The molecule has 0 unspecified atom stereocenters. The van der Waals surface area contributed by atoms with E-state index in [-0.39, 0.29) is 11.8 Å². The molecule has 1 aromatic carbocycles. The number of amides is 2. The minimum absolute atomic E-state index is 0.0463. The molecule has 0 atom stereocenters. The largest absolute Gasteiger partial charge is 0.356 e. The highest BCUT2D eigenvalue weighted by Crippen LogP contribution is 2.27. The fourth-order valence-electron chi connectivity index (χ4n) is 3.05. The van der Waals surface area contributed by atoms with E-state index >= 15 is 0 Å². The normalized spacial score (nSPS) is 10.8. The second kappa shape index (κ2) is 7.99. The Kier molecular flexibility index (Phi) is 6.01. The summed E-state index contributed by atoms with van der Waals surface area (Å²) in [5.74, 6) is -0.0959. The zero-order chi connectivity index (χ0) is 17.7. The first-order chi connectivity index (χ1) is 11.5. The summed E-state index contributed by atoms with van der Waals surface area (Å²) in [5.41, 5.74) is 4.15. The van der Waals surface area contributed by atoms with Gasteiger partial charge in [-0.05, 0) is 49.9 Å². The number of aromatic nitrogens is 1. The summed E-state index contributed by atoms with van der Waals surface area (Å²) in [4.78, 5) is 23.5. The van der Waals surface area contributed by atoms with Gasteiger partial charge < -0.3 is 15.2 Å². The summed E-state index contributed by atoms with van der Waals surface area (Å²) in [7, 11) is 0. The lowest BCUT2D eigenvalue weighted by molar-refractivity contribution is -0.118. The van der Waals surface area contributed by atoms with Crippen LogP contribution in [0.2, 0.25) is 0 Å². The van der Waals surface area contributed by atoms with Gasteiger partial charge in [0.2, 0.25) is 5.91 Å². The van der Waals surface area contributed by atoms with Crippen LogP contribution in [0.25, 0.3) is 10.9 Å². The molecule has 0 spiro atoms. The minimum Gasteiger partial charge on any atom is -0.356 e. The number of nitrogens with zero attached hydrogens (tertiary/aromatic N) is 1. The van der Waals surface area contributed by atoms with Gasteiger partial charge in [0.25, 0.3) is 5.91 Å². The Hall–Kier alpha value is -2.30. The topological polar surface area (TPSA) is 63.1 Å². The molecule has 2 N–H and O–H groups in total. The first-order valence-corrected chi connectivity index (χ1v) is 8.63. The maximum Gasteiger partial charge on any atom is 0.268 e. The highest BCUT2D eigenvalue weighted by Gasteiger charge is 2.19. The summed E-state index contributed by atoms with van der Waals surface area (Å²) >= 11 is 0. The molecule has 2 aromatic rings. The average Bonchev–Trinajstić information content (AvgIpc) is 2.85. The Morgan fingerprint density at radius 2 is 1.83 bits per heavy atom. The zero-order valence-corrected chi connectivity index (χ0v) is 15.0. The molecule has 0 fully saturated rings. The van der Waals surface area contributed by atoms with Crippen molar-refractivity contribution in [3.63, 3.8) is 0 Å². The Labute approximate surface area is 143 Å². The van der Waals surface area contributed by atoms with Crippen LogP contribution < -0.4 is 10.6 Å². The molecule has 0 radical (unpaired) electrons. The number of nitrogens with one attached hydrogen (secondary N) is 2. The molecule has 0 saturated carbocycles. The lowest BCUT2D eigenvalue weighted by Crippen LogP contribution is -2.30. The zero-order valence-electron chi connectivity index (χ0n) is 15.0. The molecule has 1 aromatic heterocycles. The number of hydrogen-bond donors (Lipinski definition) is 2. The smallest absolute Gasteiger partial charge is 0.268 e. The van der Waals surface area contributed by atoms with E-state index in [1.807, 2.05) is 6.92 Å². The van der Waals surface area contributed by atoms with Crippen LogP contribution in [-0.4, -0.2) is 29.5 Å². The third-order valence-corrected chi connectivity index (χ3v) is 4.33. The van der Waals surface area contributed by atoms with Crippen LogP contribution in [0.5, 0.6) is 0 Å². The number of fused-ring (bicyclic) bond motifs is 1. The second-order valence-electron chi connectivity index (χ2n) is 6.02. The number of hydrogen-bond acceptors (Lipinski definition) is 2. The standard InChI is InChI=1S/C19H27N3O2/c1-5-15-8-9-17-16(12-15)13(3)18(22(17)6-2)19(24)21-11-7-10-20-14(4)23/h8-9,12H,5-7,10-11H2,1-4H3,(H,20,23)(H,21,24). The molecular weight excluding hydrogens is 302 g/mol. The van der Waals surface area contributed by atoms with Crippen molar-refractivity contribution >= 4 is 22.7 Å². The van der Waals surface area contributed by atoms with Gasteiger partial charge in [-0.3, -0.25) is 9.59 Å². The SMILES string of the molecule is CCc1ccc2c(c1)c(C)c(C(=O)NCCCNC(C)=O)n2CC. The highest BCUT2D eigenvalue weighted by atomic mass is 16.2. The summed E-state index contributed by atoms with van der Waals surface area (Å²) < 4.78 is 2.08. The molecule has 0 aliphatic rings. The van der Waals surface area contributed by atoms with Crippen molar-refractivity contribution in [3.8, 4) is 0 Å². The Morgan fingerprint density at radius 1 is 1.12 bits per heavy atom. The minimum atomic E-state index is -0.0496. The van der Waals surface area contributed by atoms with Crippen LogP contribution in [-0.2, 0) is 17.8 Å². The van der Waals surface area contributed by atoms with Crippen LogP contribution in [0.3, 0.4) is 0 Å². The van der Waals surface area contributed by atoms with Gasteiger partial charge in [-0.25, -0.2) is 0 Å². The summed E-state index contributed by atoms with van der Waals surface area (Å²) in [5, 5.41) is 6.85. The lowest BCUT2D eigenvalue weighted by Gasteiger charge is -2.10. The molecular formula is C19H27N3O2. The van der Waals surface area contributed by atoms with Gasteiger partial charge in [-0.1, -0.05) is 13.0 Å². The van der Waals surface area contributed by atoms with E-state index in [1.165, 1.54) is 12.5 Å². The molecule has 0 bridgehead atoms. The van der Waals surface area contributed by atoms with E-state index in [9.17, 15) is 9.59 Å². The Bertz CT molecular complexity index is 747. The highest BCUT2D eigenvalue weighted by molar-refractivity contribution is 6.01. The Morgan fingerprint density at radius 3 is 2.46 bits per heavy atom. The molecule has 2 rings (SSSR count). The molecule has 0 aliphatic heterocycles. The van der Waals surface area contributed by atoms with Crippen LogP contribution >= 0.6 is 0 Å². The third kappa shape index (κ3) is 3.78. The molecule has 0 saturated heterocycles. The summed E-state index contributed by atoms with van der Waals surface area (Å²) in [6.45, 7) is 9.57. The first kappa shape index (κ1) is 18.0. The molecule has 130 valence electrons. The van der Waals surface area contributed by atoms with Gasteiger partial charge in [-0.2, -0.15) is 0 Å². The van der Waals surface area contributed by atoms with Gasteiger partial charge in [0.1, 0.15) is 5.69 Å². The lowest BCUT2D eigenvalue weighted by atomic mass is 10.1. The van der Waals surface area contributed by atoms with Gasteiger partial charge >= 0.3 is 0 Å². The van der Waals surface area contributed by atoms with Gasteiger partial charge in [0.05, 0.1) is 0 Å². The fraction of sp³-hybridized carbons (Fsp3) is 0.474. The molecule has 24 heavy (non-hydrogen) atoms. The molecule has 5 heteroatoms. The van der Waals surface area contributed by atoms with Crippen molar-refractivity contribution in [2.24, 2.45) is 0 Å². The van der Waals surface area contributed by atoms with Gasteiger partial charge in [-0.15, -0.1) is 0 Å². The van der Waals surface area contributed by atoms with Crippen molar-refractivity contribution in [1.29, 1.82) is 0 Å². The molecule has 5 nitrogen and oxygen atoms in total.